The number of aromatic amines is 1. The van der Waals surface area contributed by atoms with Crippen molar-refractivity contribution in [2.75, 3.05) is 0 Å². The van der Waals surface area contributed by atoms with E-state index in [2.05, 4.69) is 15.3 Å². The lowest BCUT2D eigenvalue weighted by molar-refractivity contribution is 0.0898. The van der Waals surface area contributed by atoms with Crippen molar-refractivity contribution in [3.05, 3.63) is 49.8 Å². The zero-order valence-corrected chi connectivity index (χ0v) is 15.0. The van der Waals surface area contributed by atoms with Gasteiger partial charge in [0.25, 0.3) is 11.5 Å². The first-order valence-corrected chi connectivity index (χ1v) is 8.40. The molecule has 8 nitrogen and oxygen atoms in total. The summed E-state index contributed by atoms with van der Waals surface area (Å²) in [5, 5.41) is 2.90. The smallest absolute Gasteiger partial charge is 0.328 e. The lowest BCUT2D eigenvalue weighted by atomic mass is 10.0. The Morgan fingerprint density at radius 3 is 2.72 bits per heavy atom. The van der Waals surface area contributed by atoms with Gasteiger partial charge in [0.1, 0.15) is 11.5 Å². The zero-order valence-electron chi connectivity index (χ0n) is 15.0. The van der Waals surface area contributed by atoms with Crippen LogP contribution >= 0.6 is 0 Å². The fourth-order valence-electron chi connectivity index (χ4n) is 3.32. The highest BCUT2D eigenvalue weighted by Crippen LogP contribution is 2.20. The second-order valence-corrected chi connectivity index (χ2v) is 7.06. The molecule has 0 radical (unpaired) electrons. The van der Waals surface area contributed by atoms with E-state index in [0.29, 0.717) is 30.2 Å². The van der Waals surface area contributed by atoms with Crippen LogP contribution in [0, 0.1) is 6.92 Å². The van der Waals surface area contributed by atoms with Crippen molar-refractivity contribution in [3.8, 4) is 0 Å². The highest BCUT2D eigenvalue weighted by atomic mass is 16.2. The SMILES string of the molecule is Cc1cc(=O)[nH]c(C(C)(C)NC(=O)c2c3n(c(=O)n2C)CCCC3)n1. The molecule has 0 aliphatic carbocycles. The molecule has 0 aromatic carbocycles. The Morgan fingerprint density at radius 1 is 1.32 bits per heavy atom. The minimum absolute atomic E-state index is 0.167. The van der Waals surface area contributed by atoms with E-state index in [1.54, 1.807) is 32.4 Å². The number of H-pyrrole nitrogens is 1. The molecule has 0 bridgehead atoms. The number of hydrogen-bond acceptors (Lipinski definition) is 4. The van der Waals surface area contributed by atoms with Crippen molar-refractivity contribution in [3.63, 3.8) is 0 Å². The van der Waals surface area contributed by atoms with Crippen LogP contribution in [-0.2, 0) is 25.6 Å². The van der Waals surface area contributed by atoms with Gasteiger partial charge >= 0.3 is 5.69 Å². The maximum atomic E-state index is 12.9. The fourth-order valence-corrected chi connectivity index (χ4v) is 3.32. The molecule has 8 heteroatoms. The van der Waals surface area contributed by atoms with Crippen LogP contribution < -0.4 is 16.6 Å². The van der Waals surface area contributed by atoms with Crippen molar-refractivity contribution in [1.29, 1.82) is 0 Å². The van der Waals surface area contributed by atoms with Gasteiger partial charge in [-0.1, -0.05) is 0 Å². The molecule has 1 amide bonds. The number of rotatable bonds is 3. The summed E-state index contributed by atoms with van der Waals surface area (Å²) in [4.78, 5) is 44.0. The number of imidazole rings is 1. The molecule has 2 N–H and O–H groups in total. The minimum atomic E-state index is -0.887. The minimum Gasteiger partial charge on any atom is -0.339 e. The number of amides is 1. The van der Waals surface area contributed by atoms with E-state index >= 15 is 0 Å². The third kappa shape index (κ3) is 3.04. The molecule has 0 unspecified atom stereocenters. The Kier molecular flexibility index (Phi) is 4.14. The quantitative estimate of drug-likeness (QED) is 0.849. The average Bonchev–Trinajstić information content (AvgIpc) is 2.78. The summed E-state index contributed by atoms with van der Waals surface area (Å²) in [6.45, 7) is 5.91. The van der Waals surface area contributed by atoms with E-state index in [-0.39, 0.29) is 17.2 Å². The van der Waals surface area contributed by atoms with Gasteiger partial charge in [-0.05, 0) is 40.0 Å². The molecular formula is C17H23N5O3. The topological polar surface area (TPSA) is 102 Å². The number of nitrogens with zero attached hydrogens (tertiary/aromatic N) is 3. The Morgan fingerprint density at radius 2 is 2.04 bits per heavy atom. The maximum absolute atomic E-state index is 12.9. The van der Waals surface area contributed by atoms with Crippen LogP contribution in [0.4, 0.5) is 0 Å². The van der Waals surface area contributed by atoms with E-state index in [1.807, 2.05) is 0 Å². The second-order valence-electron chi connectivity index (χ2n) is 7.06. The average molecular weight is 345 g/mol. The van der Waals surface area contributed by atoms with Gasteiger partial charge in [0, 0.05) is 25.4 Å². The highest BCUT2D eigenvalue weighted by Gasteiger charge is 2.31. The molecule has 1 aliphatic rings. The van der Waals surface area contributed by atoms with Crippen molar-refractivity contribution >= 4 is 5.91 Å². The Bertz CT molecular complexity index is 948. The van der Waals surface area contributed by atoms with Gasteiger partial charge in [-0.25, -0.2) is 9.78 Å². The Balaban J connectivity index is 1.97. The lowest BCUT2D eigenvalue weighted by Crippen LogP contribution is -2.44. The maximum Gasteiger partial charge on any atom is 0.328 e. The molecule has 0 spiro atoms. The summed E-state index contributed by atoms with van der Waals surface area (Å²) in [7, 11) is 1.61. The van der Waals surface area contributed by atoms with Crippen LogP contribution in [0.5, 0.6) is 0 Å². The Labute approximate surface area is 144 Å². The molecule has 0 saturated carbocycles. The van der Waals surface area contributed by atoms with Crippen molar-refractivity contribution in [2.45, 2.75) is 52.1 Å². The van der Waals surface area contributed by atoms with E-state index < -0.39 is 5.54 Å². The van der Waals surface area contributed by atoms with Crippen LogP contribution in [0.15, 0.2) is 15.7 Å². The summed E-state index contributed by atoms with van der Waals surface area (Å²) >= 11 is 0. The predicted octanol–water partition coefficient (Wildman–Crippen LogP) is 0.580. The number of carbonyl (C=O) groups is 1. The number of carbonyl (C=O) groups excluding carboxylic acids is 1. The normalized spacial score (nSPS) is 14.2. The first-order chi connectivity index (χ1) is 11.7. The summed E-state index contributed by atoms with van der Waals surface area (Å²) in [5.41, 5.74) is 0.417. The summed E-state index contributed by atoms with van der Waals surface area (Å²) in [6, 6.07) is 1.40. The number of hydrogen-bond donors (Lipinski definition) is 2. The van der Waals surface area contributed by atoms with Crippen LogP contribution in [0.25, 0.3) is 0 Å². The van der Waals surface area contributed by atoms with E-state index in [0.717, 1.165) is 18.5 Å². The number of aromatic nitrogens is 4. The molecule has 2 aromatic heterocycles. The molecule has 0 fully saturated rings. The standard InChI is InChI=1S/C17H23N5O3/c1-10-9-12(23)19-15(18-10)17(2,3)20-14(24)13-11-7-5-6-8-22(11)16(25)21(13)4/h9H,5-8H2,1-4H3,(H,20,24)(H,18,19,23). The van der Waals surface area contributed by atoms with Gasteiger partial charge in [-0.2, -0.15) is 0 Å². The molecule has 134 valence electrons. The van der Waals surface area contributed by atoms with E-state index in [1.165, 1.54) is 10.6 Å². The number of nitrogens with one attached hydrogen (secondary N) is 2. The summed E-state index contributed by atoms with van der Waals surface area (Å²) in [5.74, 6) is 0.0355. The molecule has 2 aromatic rings. The summed E-state index contributed by atoms with van der Waals surface area (Å²) in [6.07, 6.45) is 2.61. The fraction of sp³-hybridized carbons (Fsp3) is 0.529. The van der Waals surface area contributed by atoms with Crippen LogP contribution in [0.3, 0.4) is 0 Å². The highest BCUT2D eigenvalue weighted by molar-refractivity contribution is 5.94. The first kappa shape index (κ1) is 17.2. The number of fused-ring (bicyclic) bond motifs is 1. The number of aryl methyl sites for hydroxylation is 1. The molecule has 3 heterocycles. The third-order valence-corrected chi connectivity index (χ3v) is 4.60. The molecular weight excluding hydrogens is 322 g/mol. The molecule has 0 saturated heterocycles. The van der Waals surface area contributed by atoms with Gasteiger partial charge in [0.15, 0.2) is 0 Å². The largest absolute Gasteiger partial charge is 0.339 e. The third-order valence-electron chi connectivity index (χ3n) is 4.60. The predicted molar refractivity (Wildman–Crippen MR) is 92.7 cm³/mol. The van der Waals surface area contributed by atoms with Crippen molar-refractivity contribution in [2.24, 2.45) is 7.05 Å². The molecule has 25 heavy (non-hydrogen) atoms. The summed E-state index contributed by atoms with van der Waals surface area (Å²) < 4.78 is 3.08. The zero-order chi connectivity index (χ0) is 18.4. The molecule has 3 rings (SSSR count). The molecule has 1 aliphatic heterocycles. The van der Waals surface area contributed by atoms with E-state index in [9.17, 15) is 14.4 Å². The van der Waals surface area contributed by atoms with Gasteiger partial charge in [0.05, 0.1) is 11.2 Å². The van der Waals surface area contributed by atoms with Gasteiger partial charge < -0.3 is 10.3 Å². The van der Waals surface area contributed by atoms with Gasteiger partial charge in [0.2, 0.25) is 0 Å². The Hall–Kier alpha value is -2.64. The molecule has 0 atom stereocenters. The van der Waals surface area contributed by atoms with Crippen LogP contribution in [0.1, 0.15) is 54.4 Å². The first-order valence-electron chi connectivity index (χ1n) is 8.40. The second kappa shape index (κ2) is 6.02. The van der Waals surface area contributed by atoms with Crippen molar-refractivity contribution < 1.29 is 4.79 Å². The van der Waals surface area contributed by atoms with Crippen molar-refractivity contribution in [1.82, 2.24) is 24.4 Å². The lowest BCUT2D eigenvalue weighted by Gasteiger charge is -2.26. The van der Waals surface area contributed by atoms with Gasteiger partial charge in [-0.15, -0.1) is 0 Å². The van der Waals surface area contributed by atoms with Crippen LogP contribution in [0.2, 0.25) is 0 Å². The van der Waals surface area contributed by atoms with Gasteiger partial charge in [-0.3, -0.25) is 18.7 Å². The van der Waals surface area contributed by atoms with Crippen LogP contribution in [-0.4, -0.2) is 25.0 Å². The van der Waals surface area contributed by atoms with E-state index in [4.69, 9.17) is 0 Å². The monoisotopic (exact) mass is 345 g/mol.